The quantitative estimate of drug-likeness (QED) is 0.426. The van der Waals surface area contributed by atoms with Gasteiger partial charge in [0.15, 0.2) is 11.6 Å². The van der Waals surface area contributed by atoms with Crippen LogP contribution in [-0.2, 0) is 0 Å². The van der Waals surface area contributed by atoms with E-state index in [9.17, 15) is 8.78 Å². The Hall–Kier alpha value is -0.350. The number of hydrogen-bond acceptors (Lipinski definition) is 1. The normalized spacial score (nSPS) is 10.5. The van der Waals surface area contributed by atoms with Crippen LogP contribution in [0, 0.1) is 11.6 Å². The van der Waals surface area contributed by atoms with Crippen molar-refractivity contribution in [1.82, 2.24) is 0 Å². The van der Waals surface area contributed by atoms with Crippen LogP contribution in [0.1, 0.15) is 19.3 Å². The summed E-state index contributed by atoms with van der Waals surface area (Å²) in [7, 11) is 0. The molecule has 16 heavy (non-hydrogen) atoms. The monoisotopic (exact) mass is 312 g/mol. The van der Waals surface area contributed by atoms with Crippen LogP contribution in [0.25, 0.3) is 0 Å². The smallest absolute Gasteiger partial charge is 0.200 e. The molecule has 0 saturated carbocycles. The van der Waals surface area contributed by atoms with E-state index in [2.05, 4.69) is 15.9 Å². The van der Waals surface area contributed by atoms with E-state index in [-0.39, 0.29) is 5.75 Å². The summed E-state index contributed by atoms with van der Waals surface area (Å²) in [6.45, 7) is 0.365. The molecular formula is C11H12BrClF2O. The lowest BCUT2D eigenvalue weighted by atomic mass is 10.2. The Morgan fingerprint density at radius 2 is 1.94 bits per heavy atom. The third kappa shape index (κ3) is 4.26. The van der Waals surface area contributed by atoms with E-state index in [4.69, 9.17) is 16.3 Å². The number of unbranched alkanes of at least 4 members (excludes halogenated alkanes) is 2. The second-order valence-electron chi connectivity index (χ2n) is 3.30. The average molecular weight is 314 g/mol. The summed E-state index contributed by atoms with van der Waals surface area (Å²) in [5, 5.41) is 0. The van der Waals surface area contributed by atoms with Gasteiger partial charge in [-0.25, -0.2) is 4.39 Å². The van der Waals surface area contributed by atoms with Crippen molar-refractivity contribution < 1.29 is 13.5 Å². The molecule has 1 aromatic carbocycles. The van der Waals surface area contributed by atoms with Gasteiger partial charge >= 0.3 is 0 Å². The van der Waals surface area contributed by atoms with Crippen molar-refractivity contribution in [2.45, 2.75) is 19.3 Å². The van der Waals surface area contributed by atoms with Crippen LogP contribution in [0.4, 0.5) is 8.78 Å². The molecule has 0 aliphatic carbocycles. The second-order valence-corrected chi connectivity index (χ2v) is 4.59. The minimum atomic E-state index is -0.944. The number of hydrogen-bond donors (Lipinski definition) is 0. The van der Waals surface area contributed by atoms with Gasteiger partial charge in [-0.05, 0) is 31.4 Å². The van der Waals surface area contributed by atoms with E-state index in [1.807, 2.05) is 0 Å². The Morgan fingerprint density at radius 3 is 2.62 bits per heavy atom. The van der Waals surface area contributed by atoms with Gasteiger partial charge in [-0.15, -0.1) is 11.6 Å². The lowest BCUT2D eigenvalue weighted by Gasteiger charge is -2.07. The molecule has 0 unspecified atom stereocenters. The summed E-state index contributed by atoms with van der Waals surface area (Å²) < 4.78 is 31.8. The lowest BCUT2D eigenvalue weighted by Crippen LogP contribution is -2.01. The molecule has 0 saturated heterocycles. The van der Waals surface area contributed by atoms with Gasteiger partial charge in [0.05, 0.1) is 6.61 Å². The maximum Gasteiger partial charge on any atom is 0.200 e. The molecule has 0 radical (unpaired) electrons. The van der Waals surface area contributed by atoms with Gasteiger partial charge in [0, 0.05) is 10.4 Å². The molecule has 1 nitrogen and oxygen atoms in total. The van der Waals surface area contributed by atoms with Crippen LogP contribution in [0.2, 0.25) is 0 Å². The summed E-state index contributed by atoms with van der Waals surface area (Å²) in [6.07, 6.45) is 2.60. The van der Waals surface area contributed by atoms with Crippen molar-refractivity contribution in [1.29, 1.82) is 0 Å². The first-order valence-electron chi connectivity index (χ1n) is 4.98. The maximum atomic E-state index is 13.2. The number of rotatable bonds is 6. The molecule has 90 valence electrons. The van der Waals surface area contributed by atoms with Gasteiger partial charge in [-0.3, -0.25) is 0 Å². The van der Waals surface area contributed by atoms with Gasteiger partial charge < -0.3 is 4.74 Å². The minimum absolute atomic E-state index is 0.0576. The summed E-state index contributed by atoms with van der Waals surface area (Å²) in [5.74, 6) is -1.30. The Morgan fingerprint density at radius 1 is 1.19 bits per heavy atom. The molecule has 0 aromatic heterocycles. The fourth-order valence-electron chi connectivity index (χ4n) is 1.19. The third-order valence-electron chi connectivity index (χ3n) is 2.00. The highest BCUT2D eigenvalue weighted by molar-refractivity contribution is 9.10. The number of ether oxygens (including phenoxy) is 1. The zero-order valence-corrected chi connectivity index (χ0v) is 11.0. The van der Waals surface area contributed by atoms with E-state index in [0.29, 0.717) is 17.0 Å². The lowest BCUT2D eigenvalue weighted by molar-refractivity contribution is 0.286. The molecule has 0 spiro atoms. The van der Waals surface area contributed by atoms with E-state index in [1.54, 1.807) is 0 Å². The van der Waals surface area contributed by atoms with Gasteiger partial charge in [-0.2, -0.15) is 4.39 Å². The standard InChI is InChI=1S/C11H12BrClF2O/c12-8-6-9(14)11(15)10(7-8)16-5-3-1-2-4-13/h6-7H,1-5H2. The van der Waals surface area contributed by atoms with Gasteiger partial charge in [0.1, 0.15) is 0 Å². The van der Waals surface area contributed by atoms with Crippen molar-refractivity contribution >= 4 is 27.5 Å². The van der Waals surface area contributed by atoms with Crippen LogP contribution in [-0.4, -0.2) is 12.5 Å². The highest BCUT2D eigenvalue weighted by Gasteiger charge is 2.10. The number of alkyl halides is 1. The van der Waals surface area contributed by atoms with Crippen molar-refractivity contribution in [3.05, 3.63) is 28.2 Å². The predicted octanol–water partition coefficient (Wildman–Crippen LogP) is 4.52. The molecule has 0 aliphatic rings. The van der Waals surface area contributed by atoms with Crippen LogP contribution in [0.5, 0.6) is 5.75 Å². The first kappa shape index (κ1) is 13.7. The van der Waals surface area contributed by atoms with Crippen molar-refractivity contribution in [3.8, 4) is 5.75 Å². The molecular weight excluding hydrogens is 301 g/mol. The van der Waals surface area contributed by atoms with Gasteiger partial charge in [0.25, 0.3) is 0 Å². The Bertz CT molecular complexity index is 347. The second kappa shape index (κ2) is 7.07. The van der Waals surface area contributed by atoms with Gasteiger partial charge in [0.2, 0.25) is 5.82 Å². The summed E-state index contributed by atoms with van der Waals surface area (Å²) in [6, 6.07) is 2.48. The largest absolute Gasteiger partial charge is 0.490 e. The molecule has 1 aromatic rings. The zero-order chi connectivity index (χ0) is 12.0. The predicted molar refractivity (Wildman–Crippen MR) is 64.1 cm³/mol. The van der Waals surface area contributed by atoms with Crippen LogP contribution >= 0.6 is 27.5 Å². The summed E-state index contributed by atoms with van der Waals surface area (Å²) in [5.41, 5.74) is 0. The van der Waals surface area contributed by atoms with Crippen LogP contribution < -0.4 is 4.74 Å². The molecule has 5 heteroatoms. The molecule has 0 aliphatic heterocycles. The van der Waals surface area contributed by atoms with E-state index in [1.165, 1.54) is 6.07 Å². The molecule has 0 bridgehead atoms. The van der Waals surface area contributed by atoms with E-state index in [0.717, 1.165) is 25.3 Å². The number of halogens is 4. The van der Waals surface area contributed by atoms with Crippen LogP contribution in [0.15, 0.2) is 16.6 Å². The molecule has 1 rings (SSSR count). The molecule has 0 atom stereocenters. The van der Waals surface area contributed by atoms with Crippen LogP contribution in [0.3, 0.4) is 0 Å². The maximum absolute atomic E-state index is 13.2. The SMILES string of the molecule is Fc1cc(Br)cc(OCCCCCCl)c1F. The van der Waals surface area contributed by atoms with E-state index >= 15 is 0 Å². The Balaban J connectivity index is 2.47. The fraction of sp³-hybridized carbons (Fsp3) is 0.455. The fourth-order valence-corrected chi connectivity index (χ4v) is 1.79. The first-order chi connectivity index (χ1) is 7.65. The van der Waals surface area contributed by atoms with E-state index < -0.39 is 11.6 Å². The first-order valence-corrected chi connectivity index (χ1v) is 6.31. The van der Waals surface area contributed by atoms with Gasteiger partial charge in [-0.1, -0.05) is 15.9 Å². The zero-order valence-electron chi connectivity index (χ0n) is 8.61. The van der Waals surface area contributed by atoms with Crippen molar-refractivity contribution in [2.24, 2.45) is 0 Å². The Kier molecular flexibility index (Phi) is 6.06. The van der Waals surface area contributed by atoms with Crippen molar-refractivity contribution in [2.75, 3.05) is 12.5 Å². The topological polar surface area (TPSA) is 9.23 Å². The van der Waals surface area contributed by atoms with Crippen molar-refractivity contribution in [3.63, 3.8) is 0 Å². The Labute approximate surface area is 107 Å². The molecule has 0 heterocycles. The average Bonchev–Trinajstić information content (AvgIpc) is 2.24. The number of benzene rings is 1. The molecule has 0 N–H and O–H groups in total. The molecule has 0 fully saturated rings. The highest BCUT2D eigenvalue weighted by Crippen LogP contribution is 2.25. The highest BCUT2D eigenvalue weighted by atomic mass is 79.9. The minimum Gasteiger partial charge on any atom is -0.490 e. The molecule has 0 amide bonds. The third-order valence-corrected chi connectivity index (χ3v) is 2.72. The summed E-state index contributed by atoms with van der Waals surface area (Å²) in [4.78, 5) is 0. The summed E-state index contributed by atoms with van der Waals surface area (Å²) >= 11 is 8.58.